The van der Waals surface area contributed by atoms with Crippen LogP contribution in [0.15, 0.2) is 24.3 Å². The number of benzene rings is 1. The molecule has 19 heavy (non-hydrogen) atoms. The molecule has 0 spiro atoms. The number of hydrogen-bond acceptors (Lipinski definition) is 3. The average Bonchev–Trinajstić information content (AvgIpc) is 2.21. The van der Waals surface area contributed by atoms with Gasteiger partial charge in [0.25, 0.3) is 0 Å². The Morgan fingerprint density at radius 3 is 2.11 bits per heavy atom. The Hall–Kier alpha value is 1.83. The molecule has 0 radical (unpaired) electrons. The summed E-state index contributed by atoms with van der Waals surface area (Å²) in [6.07, 6.45) is 0. The van der Waals surface area contributed by atoms with E-state index in [-0.39, 0.29) is 98.8 Å². The maximum absolute atomic E-state index is 11.6. The van der Waals surface area contributed by atoms with Gasteiger partial charge in [0.05, 0.1) is 6.61 Å². The SMILES string of the molecule is CCOC(=O)C(C)(C)Oc1ccc(Cl)cc1.[Al+3].[Ca+2].[Ca+2]. The number of carbonyl (C=O) groups is 1. The molecule has 0 amide bonds. The molecule has 1 rings (SSSR count). The molecule has 0 fully saturated rings. The van der Waals surface area contributed by atoms with Gasteiger partial charge >= 0.3 is 98.8 Å². The Morgan fingerprint density at radius 2 is 1.68 bits per heavy atom. The van der Waals surface area contributed by atoms with Crippen LogP contribution in [0, 0.1) is 0 Å². The van der Waals surface area contributed by atoms with Crippen LogP contribution < -0.4 is 4.74 Å². The van der Waals surface area contributed by atoms with Crippen molar-refractivity contribution in [2.45, 2.75) is 26.4 Å². The fraction of sp³-hybridized carbons (Fsp3) is 0.417. The summed E-state index contributed by atoms with van der Waals surface area (Å²) in [5.74, 6) is 0.201. The Labute approximate surface area is 189 Å². The van der Waals surface area contributed by atoms with Crippen molar-refractivity contribution in [3.63, 3.8) is 0 Å². The normalized spacial score (nSPS) is 9.26. The van der Waals surface area contributed by atoms with Crippen LogP contribution >= 0.6 is 11.6 Å². The molecule has 0 saturated heterocycles. The molecule has 1 aromatic rings. The quantitative estimate of drug-likeness (QED) is 0.615. The fourth-order valence-corrected chi connectivity index (χ4v) is 1.27. The van der Waals surface area contributed by atoms with E-state index in [0.717, 1.165) is 0 Å². The Kier molecular flexibility index (Phi) is 16.8. The van der Waals surface area contributed by atoms with Gasteiger partial charge in [-0.15, -0.1) is 0 Å². The molecular formula is C12H15AlCa2ClO3+7. The van der Waals surface area contributed by atoms with Crippen molar-refractivity contribution >= 4 is 110 Å². The summed E-state index contributed by atoms with van der Waals surface area (Å²) in [6.45, 7) is 5.43. The summed E-state index contributed by atoms with van der Waals surface area (Å²) in [5, 5.41) is 0.626. The zero-order chi connectivity index (χ0) is 12.2. The van der Waals surface area contributed by atoms with Crippen LogP contribution in [-0.2, 0) is 9.53 Å². The molecule has 0 heterocycles. The molecule has 1 aromatic carbocycles. The number of rotatable bonds is 4. The second kappa shape index (κ2) is 12.4. The first-order valence-corrected chi connectivity index (χ1v) is 5.45. The number of halogens is 1. The summed E-state index contributed by atoms with van der Waals surface area (Å²) in [4.78, 5) is 11.6. The third-order valence-electron chi connectivity index (χ3n) is 1.95. The Balaban J connectivity index is -0.000000853. The van der Waals surface area contributed by atoms with Gasteiger partial charge in [-0.1, -0.05) is 11.6 Å². The van der Waals surface area contributed by atoms with Gasteiger partial charge < -0.3 is 9.47 Å². The van der Waals surface area contributed by atoms with Gasteiger partial charge in [-0.25, -0.2) is 4.79 Å². The topological polar surface area (TPSA) is 35.5 Å². The molecule has 0 aliphatic rings. The number of hydrogen-bond donors (Lipinski definition) is 0. The summed E-state index contributed by atoms with van der Waals surface area (Å²) in [7, 11) is 0. The molecule has 88 valence electrons. The maximum Gasteiger partial charge on any atom is 3.00 e. The van der Waals surface area contributed by atoms with Crippen molar-refractivity contribution in [2.24, 2.45) is 0 Å². The van der Waals surface area contributed by atoms with E-state index < -0.39 is 5.60 Å². The van der Waals surface area contributed by atoms with Crippen molar-refractivity contribution in [2.75, 3.05) is 6.61 Å². The first-order chi connectivity index (χ1) is 7.45. The molecule has 0 unspecified atom stereocenters. The number of ether oxygens (including phenoxy) is 2. The Bertz CT molecular complexity index is 372. The van der Waals surface area contributed by atoms with E-state index in [2.05, 4.69) is 0 Å². The first kappa shape index (κ1) is 25.8. The predicted molar refractivity (Wildman–Crippen MR) is 80.1 cm³/mol. The van der Waals surface area contributed by atoms with Gasteiger partial charge in [0, 0.05) is 5.02 Å². The molecule has 0 N–H and O–H groups in total. The molecule has 0 bridgehead atoms. The summed E-state index contributed by atoms with van der Waals surface area (Å²) in [6, 6.07) is 6.84. The average molecular weight is 350 g/mol. The zero-order valence-electron chi connectivity index (χ0n) is 11.6. The second-order valence-corrected chi connectivity index (χ2v) is 4.22. The van der Waals surface area contributed by atoms with Gasteiger partial charge in [0.1, 0.15) is 5.75 Å². The predicted octanol–water partition coefficient (Wildman–Crippen LogP) is 1.92. The van der Waals surface area contributed by atoms with E-state index in [0.29, 0.717) is 17.4 Å². The van der Waals surface area contributed by atoms with Crippen molar-refractivity contribution in [1.82, 2.24) is 0 Å². The van der Waals surface area contributed by atoms with E-state index in [1.807, 2.05) is 0 Å². The number of esters is 1. The van der Waals surface area contributed by atoms with E-state index >= 15 is 0 Å². The van der Waals surface area contributed by atoms with Crippen LogP contribution in [0.4, 0.5) is 0 Å². The number of carbonyl (C=O) groups excluding carboxylic acids is 1. The van der Waals surface area contributed by atoms with E-state index in [9.17, 15) is 4.79 Å². The minimum atomic E-state index is -0.996. The van der Waals surface area contributed by atoms with E-state index in [1.54, 1.807) is 45.0 Å². The van der Waals surface area contributed by atoms with Crippen LogP contribution in [0.25, 0.3) is 0 Å². The monoisotopic (exact) mass is 349 g/mol. The molecular weight excluding hydrogens is 335 g/mol. The summed E-state index contributed by atoms with van der Waals surface area (Å²) < 4.78 is 10.5. The van der Waals surface area contributed by atoms with Crippen molar-refractivity contribution in [3.05, 3.63) is 29.3 Å². The first-order valence-electron chi connectivity index (χ1n) is 5.07. The molecule has 0 aliphatic carbocycles. The standard InChI is InChI=1S/C12H15ClO3.Al.2Ca/c1-4-15-11(14)12(2,3)16-10-7-5-9(13)6-8-10;;;/h5-8H,4H2,1-3H3;;;/q;+3;2*+2. The van der Waals surface area contributed by atoms with Gasteiger partial charge in [0.2, 0.25) is 0 Å². The van der Waals surface area contributed by atoms with Crippen molar-refractivity contribution < 1.29 is 14.3 Å². The van der Waals surface area contributed by atoms with Gasteiger partial charge in [-0.2, -0.15) is 0 Å². The van der Waals surface area contributed by atoms with Crippen LogP contribution in [0.3, 0.4) is 0 Å². The molecule has 0 saturated carbocycles. The van der Waals surface area contributed by atoms with Gasteiger partial charge in [-0.05, 0) is 45.0 Å². The molecule has 0 atom stereocenters. The smallest absolute Gasteiger partial charge is 0.476 e. The molecule has 0 aromatic heterocycles. The minimum Gasteiger partial charge on any atom is -0.476 e. The molecule has 7 heteroatoms. The molecule has 3 nitrogen and oxygen atoms in total. The Morgan fingerprint density at radius 1 is 1.21 bits per heavy atom. The zero-order valence-corrected chi connectivity index (χ0v) is 17.9. The van der Waals surface area contributed by atoms with Crippen LogP contribution in [0.1, 0.15) is 20.8 Å². The summed E-state index contributed by atoms with van der Waals surface area (Å²) in [5.41, 5.74) is -0.996. The van der Waals surface area contributed by atoms with Crippen LogP contribution in [0.5, 0.6) is 5.75 Å². The third-order valence-corrected chi connectivity index (χ3v) is 2.21. The van der Waals surface area contributed by atoms with Crippen LogP contribution in [-0.4, -0.2) is 111 Å². The largest absolute Gasteiger partial charge is 3.00 e. The third kappa shape index (κ3) is 9.45. The van der Waals surface area contributed by atoms with Crippen LogP contribution in [0.2, 0.25) is 5.02 Å². The van der Waals surface area contributed by atoms with Gasteiger partial charge in [0.15, 0.2) is 5.60 Å². The van der Waals surface area contributed by atoms with Gasteiger partial charge in [-0.3, -0.25) is 0 Å². The van der Waals surface area contributed by atoms with E-state index in [4.69, 9.17) is 21.1 Å². The minimum absolute atomic E-state index is 0. The maximum atomic E-state index is 11.6. The van der Waals surface area contributed by atoms with Crippen molar-refractivity contribution in [1.29, 1.82) is 0 Å². The molecule has 0 aliphatic heterocycles. The summed E-state index contributed by atoms with van der Waals surface area (Å²) >= 11 is 5.75. The fourth-order valence-electron chi connectivity index (χ4n) is 1.14. The van der Waals surface area contributed by atoms with Crippen molar-refractivity contribution in [3.8, 4) is 5.75 Å². The van der Waals surface area contributed by atoms with E-state index in [1.165, 1.54) is 0 Å². The second-order valence-electron chi connectivity index (χ2n) is 3.79.